The number of hydrogen-bond donors (Lipinski definition) is 3. The van der Waals surface area contributed by atoms with Crippen molar-refractivity contribution in [3.05, 3.63) is 70.2 Å². The summed E-state index contributed by atoms with van der Waals surface area (Å²) >= 11 is 2.80. The minimum Gasteiger partial charge on any atom is -0.396 e. The Hall–Kier alpha value is -4.03. The van der Waals surface area contributed by atoms with Gasteiger partial charge in [0.25, 0.3) is 0 Å². The number of aliphatic hydroxyl groups is 1. The van der Waals surface area contributed by atoms with Crippen molar-refractivity contribution in [2.45, 2.75) is 30.5 Å². The van der Waals surface area contributed by atoms with Crippen molar-refractivity contribution in [2.75, 3.05) is 17.7 Å². The van der Waals surface area contributed by atoms with Crippen LogP contribution in [0, 0.1) is 29.6 Å². The SMILES string of the molecule is Cc1ccc(Nc2nc(CSc3nc(N)c(C#N)c(-c4ccc(CCCO)nc4)c3C#N)cs2)cn1. The molecule has 11 heteroatoms. The third-order valence-electron chi connectivity index (χ3n) is 5.19. The lowest BCUT2D eigenvalue weighted by molar-refractivity contribution is 0.288. The fourth-order valence-corrected chi connectivity index (χ4v) is 5.13. The van der Waals surface area contributed by atoms with Crippen LogP contribution < -0.4 is 11.1 Å². The van der Waals surface area contributed by atoms with Crippen LogP contribution in [0.4, 0.5) is 16.6 Å². The minimum absolute atomic E-state index is 0.0610. The molecular formula is C25H22N8OS2. The lowest BCUT2D eigenvalue weighted by atomic mass is 9.98. The van der Waals surface area contributed by atoms with Crippen molar-refractivity contribution in [3.63, 3.8) is 0 Å². The second-order valence-electron chi connectivity index (χ2n) is 7.76. The normalized spacial score (nSPS) is 10.6. The molecule has 0 aliphatic carbocycles. The van der Waals surface area contributed by atoms with Crippen molar-refractivity contribution < 1.29 is 5.11 Å². The largest absolute Gasteiger partial charge is 0.396 e. The van der Waals surface area contributed by atoms with E-state index in [1.807, 2.05) is 36.6 Å². The van der Waals surface area contributed by atoms with Crippen molar-refractivity contribution in [1.82, 2.24) is 19.9 Å². The maximum atomic E-state index is 10.00. The number of hydrogen-bond acceptors (Lipinski definition) is 11. The fourth-order valence-electron chi connectivity index (χ4n) is 3.41. The van der Waals surface area contributed by atoms with Crippen LogP contribution >= 0.6 is 23.1 Å². The Bertz CT molecular complexity index is 1440. The molecule has 4 N–H and O–H groups in total. The van der Waals surface area contributed by atoms with E-state index in [1.54, 1.807) is 12.4 Å². The fraction of sp³-hybridized carbons (Fsp3) is 0.200. The first-order valence-electron chi connectivity index (χ1n) is 11.0. The van der Waals surface area contributed by atoms with Gasteiger partial charge in [0.1, 0.15) is 28.5 Å². The Morgan fingerprint density at radius 2 is 1.89 bits per heavy atom. The Labute approximate surface area is 216 Å². The summed E-state index contributed by atoms with van der Waals surface area (Å²) in [5, 5.41) is 35.1. The van der Waals surface area contributed by atoms with Gasteiger partial charge in [-0.25, -0.2) is 9.97 Å². The average Bonchev–Trinajstić information content (AvgIpc) is 3.34. The number of nitrogen functional groups attached to an aromatic ring is 1. The maximum Gasteiger partial charge on any atom is 0.187 e. The molecule has 0 bridgehead atoms. The van der Waals surface area contributed by atoms with Gasteiger partial charge in [-0.2, -0.15) is 10.5 Å². The number of thiazole rings is 1. The van der Waals surface area contributed by atoms with Crippen molar-refractivity contribution >= 4 is 39.7 Å². The van der Waals surface area contributed by atoms with Crippen LogP contribution in [0.1, 0.15) is 34.6 Å². The zero-order valence-electron chi connectivity index (χ0n) is 19.4. The van der Waals surface area contributed by atoms with Gasteiger partial charge in [-0.15, -0.1) is 11.3 Å². The number of nitrogens with two attached hydrogens (primary N) is 1. The van der Waals surface area contributed by atoms with Gasteiger partial charge >= 0.3 is 0 Å². The molecule has 0 fully saturated rings. The molecule has 4 heterocycles. The molecule has 36 heavy (non-hydrogen) atoms. The van der Waals surface area contributed by atoms with Gasteiger partial charge in [-0.3, -0.25) is 9.97 Å². The minimum atomic E-state index is 0.0610. The molecular weight excluding hydrogens is 492 g/mol. The first-order chi connectivity index (χ1) is 17.5. The van der Waals surface area contributed by atoms with Gasteiger partial charge < -0.3 is 16.2 Å². The van der Waals surface area contributed by atoms with Crippen molar-refractivity contribution in [1.29, 1.82) is 10.5 Å². The highest BCUT2D eigenvalue weighted by molar-refractivity contribution is 7.98. The lowest BCUT2D eigenvalue weighted by Gasteiger charge is -2.13. The third-order valence-corrected chi connectivity index (χ3v) is 7.01. The summed E-state index contributed by atoms with van der Waals surface area (Å²) < 4.78 is 0. The lowest BCUT2D eigenvalue weighted by Crippen LogP contribution is -2.04. The summed E-state index contributed by atoms with van der Waals surface area (Å²) in [6, 6.07) is 11.8. The second-order valence-corrected chi connectivity index (χ2v) is 9.58. The topological polar surface area (TPSA) is 157 Å². The molecule has 180 valence electrons. The van der Waals surface area contributed by atoms with Crippen LogP contribution in [0.5, 0.6) is 0 Å². The highest BCUT2D eigenvalue weighted by Gasteiger charge is 2.21. The number of anilines is 3. The van der Waals surface area contributed by atoms with E-state index in [9.17, 15) is 10.5 Å². The van der Waals surface area contributed by atoms with Gasteiger partial charge in [-0.05, 0) is 38.0 Å². The molecule has 0 saturated heterocycles. The van der Waals surface area contributed by atoms with Gasteiger partial charge in [0, 0.05) is 46.5 Å². The van der Waals surface area contributed by atoms with Crippen LogP contribution in [0.25, 0.3) is 11.1 Å². The molecule has 0 atom stereocenters. The molecule has 4 aromatic rings. The second kappa shape index (κ2) is 11.6. The van der Waals surface area contributed by atoms with Gasteiger partial charge in [0.2, 0.25) is 0 Å². The van der Waals surface area contributed by atoms with E-state index in [1.165, 1.54) is 23.1 Å². The van der Waals surface area contributed by atoms with E-state index in [0.717, 1.165) is 27.9 Å². The molecule has 0 radical (unpaired) electrons. The number of nitrogens with zero attached hydrogens (tertiary/aromatic N) is 6. The molecule has 4 rings (SSSR count). The zero-order chi connectivity index (χ0) is 25.5. The molecule has 0 amide bonds. The smallest absolute Gasteiger partial charge is 0.187 e. The van der Waals surface area contributed by atoms with E-state index in [2.05, 4.69) is 37.4 Å². The summed E-state index contributed by atoms with van der Waals surface area (Å²) in [7, 11) is 0. The first kappa shape index (κ1) is 25.1. The molecule has 9 nitrogen and oxygen atoms in total. The summed E-state index contributed by atoms with van der Waals surface area (Å²) in [4.78, 5) is 17.7. The molecule has 0 spiro atoms. The average molecular weight is 515 g/mol. The summed E-state index contributed by atoms with van der Waals surface area (Å²) in [6.07, 6.45) is 4.62. The Balaban J connectivity index is 1.57. The monoisotopic (exact) mass is 514 g/mol. The van der Waals surface area contributed by atoms with Crippen LogP contribution in [0.15, 0.2) is 47.1 Å². The van der Waals surface area contributed by atoms with E-state index < -0.39 is 0 Å². The van der Waals surface area contributed by atoms with Crippen LogP contribution in [0.2, 0.25) is 0 Å². The van der Waals surface area contributed by atoms with Gasteiger partial charge in [0.15, 0.2) is 5.13 Å². The zero-order valence-corrected chi connectivity index (χ0v) is 21.0. The predicted octanol–water partition coefficient (Wildman–Crippen LogP) is 4.59. The van der Waals surface area contributed by atoms with Crippen molar-refractivity contribution in [2.24, 2.45) is 0 Å². The molecule has 0 unspecified atom stereocenters. The first-order valence-corrected chi connectivity index (χ1v) is 12.9. The van der Waals surface area contributed by atoms with Crippen LogP contribution in [-0.2, 0) is 12.2 Å². The summed E-state index contributed by atoms with van der Waals surface area (Å²) in [5.41, 5.74) is 11.0. The van der Waals surface area contributed by atoms with Gasteiger partial charge in [-0.1, -0.05) is 17.8 Å². The molecule has 0 aliphatic heterocycles. The number of thioether (sulfide) groups is 1. The highest BCUT2D eigenvalue weighted by Crippen LogP contribution is 2.36. The number of pyridine rings is 3. The number of nitriles is 2. The maximum absolute atomic E-state index is 10.00. The van der Waals surface area contributed by atoms with E-state index in [-0.39, 0.29) is 23.6 Å². The number of aliphatic hydroxyl groups excluding tert-OH is 1. The quantitative estimate of drug-likeness (QED) is 0.270. The summed E-state index contributed by atoms with van der Waals surface area (Å²) in [5.74, 6) is 0.528. The van der Waals surface area contributed by atoms with Gasteiger partial charge in [0.05, 0.1) is 23.1 Å². The Kier molecular flexibility index (Phi) is 8.08. The van der Waals surface area contributed by atoms with Crippen LogP contribution in [0.3, 0.4) is 0 Å². The van der Waals surface area contributed by atoms with Crippen LogP contribution in [-0.4, -0.2) is 31.6 Å². The molecule has 0 aliphatic rings. The van der Waals surface area contributed by atoms with E-state index >= 15 is 0 Å². The molecule has 0 saturated carbocycles. The van der Waals surface area contributed by atoms with Crippen molar-refractivity contribution in [3.8, 4) is 23.3 Å². The number of aromatic nitrogens is 4. The van der Waals surface area contributed by atoms with E-state index in [4.69, 9.17) is 10.8 Å². The van der Waals surface area contributed by atoms with E-state index in [0.29, 0.717) is 34.7 Å². The number of nitrogens with one attached hydrogen (secondary N) is 1. The summed E-state index contributed by atoms with van der Waals surface area (Å²) in [6.45, 7) is 2.01. The number of rotatable bonds is 9. The highest BCUT2D eigenvalue weighted by atomic mass is 32.2. The third kappa shape index (κ3) is 5.78. The molecule has 0 aromatic carbocycles. The standard InChI is InChI=1S/C25H22N8OS2/c1-15-4-6-18(12-29-15)31-25-32-19(14-36-25)13-35-24-21(10-27)22(20(9-26)23(28)33-24)16-5-7-17(30-11-16)3-2-8-34/h4-7,11-12,14,34H,2-3,8,13H2,1H3,(H2,28,33)(H,31,32). The molecule has 4 aromatic heterocycles. The number of aryl methyl sites for hydroxylation is 2. The Morgan fingerprint density at radius 3 is 2.56 bits per heavy atom. The Morgan fingerprint density at radius 1 is 1.06 bits per heavy atom. The predicted molar refractivity (Wildman–Crippen MR) is 141 cm³/mol.